The van der Waals surface area contributed by atoms with E-state index in [0.717, 1.165) is 25.7 Å². The zero-order valence-corrected chi connectivity index (χ0v) is 9.46. The van der Waals surface area contributed by atoms with Crippen LogP contribution in [-0.2, 0) is 14.4 Å². The van der Waals surface area contributed by atoms with Crippen LogP contribution in [0.15, 0.2) is 0 Å². The molecule has 0 atom stereocenters. The van der Waals surface area contributed by atoms with Gasteiger partial charge in [-0.05, 0) is 19.3 Å². The maximum Gasteiger partial charge on any atom is 0.322 e. The Labute approximate surface area is 91.3 Å². The highest BCUT2D eigenvalue weighted by atomic mass is 16.7. The van der Waals surface area contributed by atoms with Crippen LogP contribution in [-0.4, -0.2) is 25.2 Å². The predicted molar refractivity (Wildman–Crippen MR) is 57.2 cm³/mol. The summed E-state index contributed by atoms with van der Waals surface area (Å²) < 4.78 is 4.97. The molecule has 1 N–H and O–H groups in total. The number of carbonyl (C=O) groups excluding carboxylic acids is 1. The van der Waals surface area contributed by atoms with Crippen LogP contribution >= 0.6 is 0 Å². The van der Waals surface area contributed by atoms with E-state index < -0.39 is 0 Å². The highest BCUT2D eigenvalue weighted by molar-refractivity contribution is 5.71. The Hall–Kier alpha value is -0.610. The van der Waals surface area contributed by atoms with Crippen LogP contribution in [0.1, 0.15) is 45.4 Å². The highest BCUT2D eigenvalue weighted by Gasteiger charge is 2.15. The molecule has 0 aromatic carbocycles. The average molecular weight is 215 g/mol. The van der Waals surface area contributed by atoms with Gasteiger partial charge in [0.25, 0.3) is 0 Å². The van der Waals surface area contributed by atoms with Gasteiger partial charge in [-0.25, -0.2) is 0 Å². The van der Waals surface area contributed by atoms with Crippen molar-refractivity contribution in [1.29, 1.82) is 0 Å². The van der Waals surface area contributed by atoms with Crippen molar-refractivity contribution < 1.29 is 14.4 Å². The van der Waals surface area contributed by atoms with E-state index in [-0.39, 0.29) is 18.6 Å². The first kappa shape index (κ1) is 12.5. The first-order valence-electron chi connectivity index (χ1n) is 5.87. The summed E-state index contributed by atoms with van der Waals surface area (Å²) in [6, 6.07) is 0. The van der Waals surface area contributed by atoms with Crippen LogP contribution in [0.5, 0.6) is 0 Å². The van der Waals surface area contributed by atoms with Crippen LogP contribution < -0.4 is 5.48 Å². The largest absolute Gasteiger partial charge is 0.465 e. The van der Waals surface area contributed by atoms with Crippen LogP contribution in [0, 0.1) is 0 Å². The standard InChI is InChI=1S/C11H21NO3/c1-2-3-8-14-11(13)9-12-15-10-6-4-5-7-10/h10,12H,2-9H2,1H3. The molecule has 1 fully saturated rings. The van der Waals surface area contributed by atoms with Crippen molar-refractivity contribution >= 4 is 5.97 Å². The molecule has 0 bridgehead atoms. The van der Waals surface area contributed by atoms with Crippen LogP contribution in [0.3, 0.4) is 0 Å². The second-order valence-corrected chi connectivity index (χ2v) is 3.92. The summed E-state index contributed by atoms with van der Waals surface area (Å²) in [5.74, 6) is -0.235. The fourth-order valence-electron chi connectivity index (χ4n) is 1.61. The summed E-state index contributed by atoms with van der Waals surface area (Å²) in [5, 5.41) is 0. The van der Waals surface area contributed by atoms with E-state index in [1.165, 1.54) is 12.8 Å². The second-order valence-electron chi connectivity index (χ2n) is 3.92. The summed E-state index contributed by atoms with van der Waals surface area (Å²) in [5.41, 5.74) is 2.68. The number of ether oxygens (including phenoxy) is 1. The van der Waals surface area contributed by atoms with E-state index in [4.69, 9.17) is 9.57 Å². The van der Waals surface area contributed by atoms with Gasteiger partial charge in [0, 0.05) is 0 Å². The molecule has 0 radical (unpaired) electrons. The van der Waals surface area contributed by atoms with Crippen LogP contribution in [0.4, 0.5) is 0 Å². The van der Waals surface area contributed by atoms with Gasteiger partial charge in [-0.3, -0.25) is 9.63 Å². The Morgan fingerprint density at radius 1 is 1.40 bits per heavy atom. The molecule has 1 saturated carbocycles. The monoisotopic (exact) mass is 215 g/mol. The van der Waals surface area contributed by atoms with Gasteiger partial charge in [0.2, 0.25) is 0 Å². The number of hydroxylamine groups is 1. The molecule has 0 aliphatic heterocycles. The number of rotatable bonds is 7. The Bertz CT molecular complexity index is 179. The summed E-state index contributed by atoms with van der Waals surface area (Å²) in [7, 11) is 0. The lowest BCUT2D eigenvalue weighted by Crippen LogP contribution is -2.28. The van der Waals surface area contributed by atoms with E-state index >= 15 is 0 Å². The Morgan fingerprint density at radius 2 is 2.13 bits per heavy atom. The Balaban J connectivity index is 1.91. The van der Waals surface area contributed by atoms with E-state index in [0.29, 0.717) is 6.61 Å². The number of hydrogen-bond acceptors (Lipinski definition) is 4. The molecule has 88 valence electrons. The van der Waals surface area contributed by atoms with Gasteiger partial charge < -0.3 is 4.74 Å². The normalized spacial score (nSPS) is 16.9. The van der Waals surface area contributed by atoms with Crippen molar-refractivity contribution in [2.45, 2.75) is 51.6 Å². The minimum absolute atomic E-state index is 0.153. The van der Waals surface area contributed by atoms with Crippen molar-refractivity contribution in [3.05, 3.63) is 0 Å². The number of carbonyl (C=O) groups is 1. The zero-order chi connectivity index (χ0) is 10.9. The zero-order valence-electron chi connectivity index (χ0n) is 9.46. The summed E-state index contributed by atoms with van der Waals surface area (Å²) in [4.78, 5) is 16.5. The van der Waals surface area contributed by atoms with Crippen molar-refractivity contribution in [2.24, 2.45) is 0 Å². The Kier molecular flexibility index (Phi) is 6.36. The first-order valence-corrected chi connectivity index (χ1v) is 5.87. The van der Waals surface area contributed by atoms with E-state index in [9.17, 15) is 4.79 Å². The van der Waals surface area contributed by atoms with Gasteiger partial charge in [-0.15, -0.1) is 0 Å². The molecule has 1 aliphatic carbocycles. The molecule has 4 heteroatoms. The molecule has 0 saturated heterocycles. The quantitative estimate of drug-likeness (QED) is 0.399. The van der Waals surface area contributed by atoms with Crippen molar-refractivity contribution in [1.82, 2.24) is 5.48 Å². The van der Waals surface area contributed by atoms with Gasteiger partial charge in [0.15, 0.2) is 0 Å². The van der Waals surface area contributed by atoms with E-state index in [1.807, 2.05) is 0 Å². The molecule has 4 nitrogen and oxygen atoms in total. The molecule has 1 rings (SSSR count). The van der Waals surface area contributed by atoms with Gasteiger partial charge in [0.05, 0.1) is 12.7 Å². The first-order chi connectivity index (χ1) is 7.33. The van der Waals surface area contributed by atoms with Crippen molar-refractivity contribution in [3.8, 4) is 0 Å². The van der Waals surface area contributed by atoms with Crippen molar-refractivity contribution in [2.75, 3.05) is 13.2 Å². The average Bonchev–Trinajstić information content (AvgIpc) is 2.71. The summed E-state index contributed by atoms with van der Waals surface area (Å²) in [6.07, 6.45) is 6.90. The molecule has 0 amide bonds. The second kappa shape index (κ2) is 7.65. The number of unbranched alkanes of at least 4 members (excludes halogenated alkanes) is 1. The lowest BCUT2D eigenvalue weighted by Gasteiger charge is -2.11. The molecule has 0 heterocycles. The number of esters is 1. The lowest BCUT2D eigenvalue weighted by molar-refractivity contribution is -0.146. The number of hydrogen-bond donors (Lipinski definition) is 1. The molecule has 0 unspecified atom stereocenters. The predicted octanol–water partition coefficient (Wildman–Crippen LogP) is 1.79. The topological polar surface area (TPSA) is 47.6 Å². The molecular formula is C11H21NO3. The van der Waals surface area contributed by atoms with Gasteiger partial charge >= 0.3 is 5.97 Å². The van der Waals surface area contributed by atoms with E-state index in [2.05, 4.69) is 12.4 Å². The number of nitrogens with one attached hydrogen (secondary N) is 1. The molecular weight excluding hydrogens is 194 g/mol. The molecule has 15 heavy (non-hydrogen) atoms. The molecule has 1 aliphatic rings. The van der Waals surface area contributed by atoms with Gasteiger partial charge in [0.1, 0.15) is 6.54 Å². The third-order valence-corrected chi connectivity index (χ3v) is 2.53. The summed E-state index contributed by atoms with van der Waals surface area (Å²) in [6.45, 7) is 2.73. The maximum absolute atomic E-state index is 11.1. The fraction of sp³-hybridized carbons (Fsp3) is 0.909. The highest BCUT2D eigenvalue weighted by Crippen LogP contribution is 2.19. The SMILES string of the molecule is CCCCOC(=O)CNOC1CCCC1. The molecule has 0 spiro atoms. The minimum Gasteiger partial charge on any atom is -0.465 e. The third kappa shape index (κ3) is 5.74. The fourth-order valence-corrected chi connectivity index (χ4v) is 1.61. The van der Waals surface area contributed by atoms with Gasteiger partial charge in [-0.1, -0.05) is 26.2 Å². The van der Waals surface area contributed by atoms with Crippen LogP contribution in [0.25, 0.3) is 0 Å². The van der Waals surface area contributed by atoms with Gasteiger partial charge in [-0.2, -0.15) is 5.48 Å². The van der Waals surface area contributed by atoms with Crippen LogP contribution in [0.2, 0.25) is 0 Å². The lowest BCUT2D eigenvalue weighted by atomic mass is 10.3. The smallest absolute Gasteiger partial charge is 0.322 e. The van der Waals surface area contributed by atoms with Crippen molar-refractivity contribution in [3.63, 3.8) is 0 Å². The third-order valence-electron chi connectivity index (χ3n) is 2.53. The Morgan fingerprint density at radius 3 is 2.80 bits per heavy atom. The van der Waals surface area contributed by atoms with E-state index in [1.54, 1.807) is 0 Å². The maximum atomic E-state index is 11.1. The minimum atomic E-state index is -0.235. The summed E-state index contributed by atoms with van der Waals surface area (Å²) >= 11 is 0. The molecule has 0 aromatic rings. The molecule has 0 aromatic heterocycles.